The minimum absolute atomic E-state index is 0.230. The molecule has 0 saturated carbocycles. The molecule has 1 unspecified atom stereocenters. The SMILES string of the molecule is CC(C)Cc1cc(NN)nc(C2CN(C)CCN2C)n1. The Balaban J connectivity index is 2.29. The van der Waals surface area contributed by atoms with E-state index in [4.69, 9.17) is 10.8 Å². The molecule has 0 bridgehead atoms. The van der Waals surface area contributed by atoms with E-state index in [0.717, 1.165) is 37.6 Å². The van der Waals surface area contributed by atoms with Gasteiger partial charge in [-0.25, -0.2) is 15.8 Å². The van der Waals surface area contributed by atoms with Gasteiger partial charge in [-0.2, -0.15) is 0 Å². The molecule has 1 aromatic rings. The summed E-state index contributed by atoms with van der Waals surface area (Å²) in [6.07, 6.45) is 0.941. The maximum absolute atomic E-state index is 5.55. The van der Waals surface area contributed by atoms with E-state index in [1.54, 1.807) is 0 Å². The first-order valence-corrected chi connectivity index (χ1v) is 7.23. The first-order valence-electron chi connectivity index (χ1n) is 7.23. The van der Waals surface area contributed by atoms with Crippen molar-refractivity contribution in [1.82, 2.24) is 19.8 Å². The van der Waals surface area contributed by atoms with Crippen molar-refractivity contribution < 1.29 is 0 Å². The lowest BCUT2D eigenvalue weighted by molar-refractivity contribution is 0.109. The number of anilines is 1. The largest absolute Gasteiger partial charge is 0.308 e. The van der Waals surface area contributed by atoms with Crippen molar-refractivity contribution in [2.45, 2.75) is 26.3 Å². The maximum atomic E-state index is 5.55. The van der Waals surface area contributed by atoms with E-state index in [1.165, 1.54) is 0 Å². The smallest absolute Gasteiger partial charge is 0.149 e. The number of piperazine rings is 1. The lowest BCUT2D eigenvalue weighted by Gasteiger charge is -2.36. The van der Waals surface area contributed by atoms with Gasteiger partial charge in [-0.1, -0.05) is 13.8 Å². The summed E-state index contributed by atoms with van der Waals surface area (Å²) in [6.45, 7) is 7.45. The third-order valence-electron chi connectivity index (χ3n) is 3.71. The molecule has 112 valence electrons. The molecule has 1 aliphatic rings. The molecule has 1 fully saturated rings. The number of aromatic nitrogens is 2. The van der Waals surface area contributed by atoms with Crippen molar-refractivity contribution in [3.8, 4) is 0 Å². The Kier molecular flexibility index (Phi) is 4.91. The van der Waals surface area contributed by atoms with E-state index >= 15 is 0 Å². The molecule has 1 aromatic heterocycles. The normalized spacial score (nSPS) is 21.4. The number of hydrogen-bond acceptors (Lipinski definition) is 6. The van der Waals surface area contributed by atoms with Gasteiger partial charge in [-0.3, -0.25) is 4.90 Å². The molecule has 6 nitrogen and oxygen atoms in total. The molecular formula is C14H26N6. The van der Waals surface area contributed by atoms with Crippen molar-refractivity contribution in [3.63, 3.8) is 0 Å². The second kappa shape index (κ2) is 6.47. The van der Waals surface area contributed by atoms with Gasteiger partial charge in [0.15, 0.2) is 0 Å². The summed E-state index contributed by atoms with van der Waals surface area (Å²) in [6, 6.07) is 2.17. The Morgan fingerprint density at radius 2 is 2.10 bits per heavy atom. The van der Waals surface area contributed by atoms with Crippen LogP contribution in [-0.4, -0.2) is 53.5 Å². The van der Waals surface area contributed by atoms with Crippen molar-refractivity contribution >= 4 is 5.82 Å². The van der Waals surface area contributed by atoms with Crippen LogP contribution < -0.4 is 11.3 Å². The number of rotatable bonds is 4. The van der Waals surface area contributed by atoms with E-state index in [1.807, 2.05) is 6.07 Å². The Morgan fingerprint density at radius 1 is 1.35 bits per heavy atom. The molecule has 1 atom stereocenters. The molecule has 2 rings (SSSR count). The molecule has 0 spiro atoms. The summed E-state index contributed by atoms with van der Waals surface area (Å²) in [5.74, 6) is 7.68. The van der Waals surface area contributed by atoms with E-state index in [-0.39, 0.29) is 6.04 Å². The molecule has 6 heteroatoms. The number of likely N-dealkylation sites (N-methyl/N-ethyl adjacent to an activating group) is 2. The highest BCUT2D eigenvalue weighted by atomic mass is 15.3. The minimum Gasteiger partial charge on any atom is -0.308 e. The van der Waals surface area contributed by atoms with Crippen LogP contribution in [0.15, 0.2) is 6.07 Å². The predicted octanol–water partition coefficient (Wildman–Crippen LogP) is 0.879. The van der Waals surface area contributed by atoms with Gasteiger partial charge in [-0.05, 0) is 26.4 Å². The quantitative estimate of drug-likeness (QED) is 0.629. The van der Waals surface area contributed by atoms with Crippen LogP contribution >= 0.6 is 0 Å². The average Bonchev–Trinajstić information content (AvgIpc) is 2.40. The Hall–Kier alpha value is -1.24. The second-order valence-corrected chi connectivity index (χ2v) is 6.10. The Bertz CT molecular complexity index is 447. The lowest BCUT2D eigenvalue weighted by Crippen LogP contribution is -2.45. The summed E-state index contributed by atoms with van der Waals surface area (Å²) in [5, 5.41) is 0. The number of hydrogen-bond donors (Lipinski definition) is 2. The number of nitrogens with one attached hydrogen (secondary N) is 1. The van der Waals surface area contributed by atoms with Gasteiger partial charge < -0.3 is 10.3 Å². The molecule has 0 radical (unpaired) electrons. The molecule has 1 saturated heterocycles. The molecular weight excluding hydrogens is 252 g/mol. The number of nitrogens with two attached hydrogens (primary N) is 1. The van der Waals surface area contributed by atoms with Crippen LogP contribution in [0.4, 0.5) is 5.82 Å². The van der Waals surface area contributed by atoms with Crippen molar-refractivity contribution in [1.29, 1.82) is 0 Å². The van der Waals surface area contributed by atoms with Crippen LogP contribution in [0.3, 0.4) is 0 Å². The number of hydrazine groups is 1. The number of nitrogen functional groups attached to an aromatic ring is 1. The van der Waals surface area contributed by atoms with Crippen LogP contribution in [0.5, 0.6) is 0 Å². The zero-order valence-electron chi connectivity index (χ0n) is 12.9. The van der Waals surface area contributed by atoms with E-state index in [9.17, 15) is 0 Å². The highest BCUT2D eigenvalue weighted by Gasteiger charge is 2.26. The van der Waals surface area contributed by atoms with Crippen molar-refractivity contribution in [2.24, 2.45) is 11.8 Å². The van der Waals surface area contributed by atoms with E-state index in [2.05, 4.69) is 48.2 Å². The van der Waals surface area contributed by atoms with Crippen LogP contribution in [0, 0.1) is 5.92 Å². The van der Waals surface area contributed by atoms with Crippen LogP contribution in [0.25, 0.3) is 0 Å². The molecule has 0 amide bonds. The van der Waals surface area contributed by atoms with Gasteiger partial charge in [-0.15, -0.1) is 0 Å². The fraction of sp³-hybridized carbons (Fsp3) is 0.714. The summed E-state index contributed by atoms with van der Waals surface area (Å²) >= 11 is 0. The fourth-order valence-electron chi connectivity index (χ4n) is 2.55. The van der Waals surface area contributed by atoms with Gasteiger partial charge in [0.05, 0.1) is 6.04 Å². The maximum Gasteiger partial charge on any atom is 0.149 e. The highest BCUT2D eigenvalue weighted by Crippen LogP contribution is 2.22. The second-order valence-electron chi connectivity index (χ2n) is 6.10. The van der Waals surface area contributed by atoms with Crippen LogP contribution in [0.2, 0.25) is 0 Å². The summed E-state index contributed by atoms with van der Waals surface area (Å²) in [5.41, 5.74) is 3.72. The average molecular weight is 278 g/mol. The predicted molar refractivity (Wildman–Crippen MR) is 81.3 cm³/mol. The standard InChI is InChI=1S/C14H26N6/c1-10(2)7-11-8-13(18-15)17-14(16-11)12-9-19(3)5-6-20(12)4/h8,10,12H,5-7,9,15H2,1-4H3,(H,16,17,18). The first-order chi connectivity index (χ1) is 9.49. The van der Waals surface area contributed by atoms with Crippen molar-refractivity contribution in [3.05, 3.63) is 17.6 Å². The molecule has 2 heterocycles. The fourth-order valence-corrected chi connectivity index (χ4v) is 2.55. The molecule has 20 heavy (non-hydrogen) atoms. The minimum atomic E-state index is 0.230. The number of nitrogens with zero attached hydrogens (tertiary/aromatic N) is 4. The van der Waals surface area contributed by atoms with E-state index < -0.39 is 0 Å². The Labute approximate surface area is 121 Å². The van der Waals surface area contributed by atoms with Crippen LogP contribution in [0.1, 0.15) is 31.4 Å². The summed E-state index contributed by atoms with van der Waals surface area (Å²) in [4.78, 5) is 13.9. The van der Waals surface area contributed by atoms with Gasteiger partial charge in [0.1, 0.15) is 11.6 Å². The van der Waals surface area contributed by atoms with Gasteiger partial charge in [0.25, 0.3) is 0 Å². The van der Waals surface area contributed by atoms with Crippen molar-refractivity contribution in [2.75, 3.05) is 39.2 Å². The first kappa shape index (κ1) is 15.2. The monoisotopic (exact) mass is 278 g/mol. The zero-order valence-corrected chi connectivity index (χ0v) is 12.9. The molecule has 0 aliphatic carbocycles. The topological polar surface area (TPSA) is 70.3 Å². The van der Waals surface area contributed by atoms with E-state index in [0.29, 0.717) is 11.7 Å². The third-order valence-corrected chi connectivity index (χ3v) is 3.71. The molecule has 1 aliphatic heterocycles. The molecule has 0 aromatic carbocycles. The summed E-state index contributed by atoms with van der Waals surface area (Å²) in [7, 11) is 4.27. The molecule has 3 N–H and O–H groups in total. The van der Waals surface area contributed by atoms with Crippen LogP contribution in [-0.2, 0) is 6.42 Å². The highest BCUT2D eigenvalue weighted by molar-refractivity contribution is 5.35. The Morgan fingerprint density at radius 3 is 2.75 bits per heavy atom. The summed E-state index contributed by atoms with van der Waals surface area (Å²) < 4.78 is 0. The lowest BCUT2D eigenvalue weighted by atomic mass is 10.1. The van der Waals surface area contributed by atoms with Gasteiger partial charge in [0.2, 0.25) is 0 Å². The van der Waals surface area contributed by atoms with Gasteiger partial charge >= 0.3 is 0 Å². The third kappa shape index (κ3) is 3.65. The van der Waals surface area contributed by atoms with Gasteiger partial charge in [0, 0.05) is 31.4 Å². The zero-order chi connectivity index (χ0) is 14.7.